The van der Waals surface area contributed by atoms with Crippen LogP contribution in [0.1, 0.15) is 24.1 Å². The smallest absolute Gasteiger partial charge is 0.118 e. The van der Waals surface area contributed by atoms with Crippen molar-refractivity contribution in [3.8, 4) is 5.75 Å². The number of aryl methyl sites for hydroxylation is 2. The molecule has 2 aromatic rings. The molecular formula is C13H14N2O. The largest absolute Gasteiger partial charge is 0.508 e. The Kier molecular flexibility index (Phi) is 1.99. The molecule has 3 heteroatoms. The number of phenols is 1. The molecule has 1 aromatic heterocycles. The molecular weight excluding hydrogens is 200 g/mol. The number of hydrogen-bond acceptors (Lipinski definition) is 3. The fourth-order valence-electron chi connectivity index (χ4n) is 2.42. The molecule has 0 amide bonds. The summed E-state index contributed by atoms with van der Waals surface area (Å²) in [6, 6.07) is 5.41. The molecule has 0 spiro atoms. The number of rotatable bonds is 0. The van der Waals surface area contributed by atoms with Gasteiger partial charge in [-0.15, -0.1) is 0 Å². The molecule has 1 aliphatic rings. The predicted octanol–water partition coefficient (Wildman–Crippen LogP) is 2.40. The maximum atomic E-state index is 9.51. The summed E-state index contributed by atoms with van der Waals surface area (Å²) in [5, 5.41) is 10.5. The van der Waals surface area contributed by atoms with Crippen LogP contribution in [-0.4, -0.2) is 10.1 Å². The summed E-state index contributed by atoms with van der Waals surface area (Å²) in [4.78, 5) is 4.62. The van der Waals surface area contributed by atoms with Gasteiger partial charge in [0, 0.05) is 17.1 Å². The fourth-order valence-corrected chi connectivity index (χ4v) is 2.42. The highest BCUT2D eigenvalue weighted by atomic mass is 16.3. The highest BCUT2D eigenvalue weighted by Gasteiger charge is 2.13. The quantitative estimate of drug-likeness (QED) is 0.662. The number of nitrogens with zero attached hydrogens (tertiary/aromatic N) is 1. The average molecular weight is 214 g/mol. The van der Waals surface area contributed by atoms with E-state index >= 15 is 0 Å². The standard InChI is InChI=1S/C13H14N2O/c14-11-7-10(16)6-9-5-8-3-1-2-4-12(8)15-13(9)11/h5-7,16H,1-4,14H2. The number of benzene rings is 1. The number of hydrogen-bond donors (Lipinski definition) is 2. The Hall–Kier alpha value is -1.77. The van der Waals surface area contributed by atoms with Crippen LogP contribution in [-0.2, 0) is 12.8 Å². The lowest BCUT2D eigenvalue weighted by molar-refractivity contribution is 0.476. The lowest BCUT2D eigenvalue weighted by Crippen LogP contribution is -2.06. The second kappa shape index (κ2) is 3.37. The normalized spacial score (nSPS) is 15.0. The third kappa shape index (κ3) is 1.40. The Labute approximate surface area is 93.9 Å². The van der Waals surface area contributed by atoms with Gasteiger partial charge in [0.15, 0.2) is 0 Å². The topological polar surface area (TPSA) is 59.1 Å². The van der Waals surface area contributed by atoms with Gasteiger partial charge in [-0.1, -0.05) is 0 Å². The van der Waals surface area contributed by atoms with E-state index in [0.29, 0.717) is 5.69 Å². The Morgan fingerprint density at radius 3 is 2.81 bits per heavy atom. The van der Waals surface area contributed by atoms with E-state index in [-0.39, 0.29) is 5.75 Å². The first-order chi connectivity index (χ1) is 7.74. The van der Waals surface area contributed by atoms with Crippen molar-refractivity contribution in [1.29, 1.82) is 0 Å². The molecule has 0 radical (unpaired) electrons. The average Bonchev–Trinajstić information content (AvgIpc) is 2.27. The molecule has 3 rings (SSSR count). The van der Waals surface area contributed by atoms with Crippen LogP contribution in [0.5, 0.6) is 5.75 Å². The van der Waals surface area contributed by atoms with Crippen molar-refractivity contribution in [3.05, 3.63) is 29.5 Å². The molecule has 1 heterocycles. The van der Waals surface area contributed by atoms with Crippen LogP contribution < -0.4 is 5.73 Å². The van der Waals surface area contributed by atoms with Crippen LogP contribution in [0.15, 0.2) is 18.2 Å². The Balaban J connectivity index is 2.31. The number of phenolic OH excluding ortho intramolecular Hbond substituents is 1. The van der Waals surface area contributed by atoms with Crippen molar-refractivity contribution in [3.63, 3.8) is 0 Å². The van der Waals surface area contributed by atoms with E-state index < -0.39 is 0 Å². The minimum absolute atomic E-state index is 0.211. The zero-order chi connectivity index (χ0) is 11.1. The van der Waals surface area contributed by atoms with Gasteiger partial charge in [-0.25, -0.2) is 0 Å². The number of pyridine rings is 1. The van der Waals surface area contributed by atoms with Crippen molar-refractivity contribution in [2.75, 3.05) is 5.73 Å². The second-order valence-corrected chi connectivity index (χ2v) is 4.41. The lowest BCUT2D eigenvalue weighted by atomic mass is 9.94. The molecule has 0 atom stereocenters. The van der Waals surface area contributed by atoms with Gasteiger partial charge in [0.2, 0.25) is 0 Å². The molecule has 0 unspecified atom stereocenters. The van der Waals surface area contributed by atoms with Crippen LogP contribution >= 0.6 is 0 Å². The van der Waals surface area contributed by atoms with Gasteiger partial charge >= 0.3 is 0 Å². The van der Waals surface area contributed by atoms with E-state index in [0.717, 1.165) is 23.7 Å². The number of anilines is 1. The van der Waals surface area contributed by atoms with Crippen molar-refractivity contribution < 1.29 is 5.11 Å². The highest BCUT2D eigenvalue weighted by Crippen LogP contribution is 2.29. The Bertz CT molecular complexity index is 563. The molecule has 1 aromatic carbocycles. The van der Waals surface area contributed by atoms with Gasteiger partial charge in [0.25, 0.3) is 0 Å². The van der Waals surface area contributed by atoms with Crippen LogP contribution in [0.4, 0.5) is 5.69 Å². The molecule has 0 saturated carbocycles. The van der Waals surface area contributed by atoms with Gasteiger partial charge in [0.1, 0.15) is 5.75 Å². The molecule has 0 fully saturated rings. The van der Waals surface area contributed by atoms with E-state index in [4.69, 9.17) is 5.73 Å². The van der Waals surface area contributed by atoms with Crippen LogP contribution in [0.2, 0.25) is 0 Å². The van der Waals surface area contributed by atoms with Crippen LogP contribution in [0.3, 0.4) is 0 Å². The van der Waals surface area contributed by atoms with Gasteiger partial charge in [-0.3, -0.25) is 4.98 Å². The zero-order valence-electron chi connectivity index (χ0n) is 9.03. The third-order valence-corrected chi connectivity index (χ3v) is 3.21. The van der Waals surface area contributed by atoms with E-state index in [9.17, 15) is 5.11 Å². The summed E-state index contributed by atoms with van der Waals surface area (Å²) in [5.74, 6) is 0.211. The van der Waals surface area contributed by atoms with Crippen molar-refractivity contribution in [2.45, 2.75) is 25.7 Å². The molecule has 0 bridgehead atoms. The fraction of sp³-hybridized carbons (Fsp3) is 0.308. The SMILES string of the molecule is Nc1cc(O)cc2cc3c(nc12)CCCC3. The monoisotopic (exact) mass is 214 g/mol. The second-order valence-electron chi connectivity index (χ2n) is 4.41. The molecule has 3 N–H and O–H groups in total. The van der Waals surface area contributed by atoms with E-state index in [1.54, 1.807) is 12.1 Å². The molecule has 16 heavy (non-hydrogen) atoms. The molecule has 1 aliphatic carbocycles. The van der Waals surface area contributed by atoms with Gasteiger partial charge < -0.3 is 10.8 Å². The van der Waals surface area contributed by atoms with Crippen LogP contribution in [0, 0.1) is 0 Å². The maximum Gasteiger partial charge on any atom is 0.118 e. The molecule has 0 saturated heterocycles. The molecule has 3 nitrogen and oxygen atoms in total. The first-order valence-corrected chi connectivity index (χ1v) is 5.65. The predicted molar refractivity (Wildman–Crippen MR) is 64.5 cm³/mol. The summed E-state index contributed by atoms with van der Waals surface area (Å²) in [6.07, 6.45) is 4.58. The number of nitrogens with two attached hydrogens (primary N) is 1. The van der Waals surface area contributed by atoms with Gasteiger partial charge in [0.05, 0.1) is 11.2 Å². The van der Waals surface area contributed by atoms with E-state index in [2.05, 4.69) is 11.1 Å². The lowest BCUT2D eigenvalue weighted by Gasteiger charge is -2.16. The minimum Gasteiger partial charge on any atom is -0.508 e. The van der Waals surface area contributed by atoms with E-state index in [1.807, 2.05) is 0 Å². The van der Waals surface area contributed by atoms with E-state index in [1.165, 1.54) is 24.1 Å². The van der Waals surface area contributed by atoms with Gasteiger partial charge in [-0.05, 0) is 43.4 Å². The molecule has 82 valence electrons. The number of aromatic nitrogens is 1. The van der Waals surface area contributed by atoms with Gasteiger partial charge in [-0.2, -0.15) is 0 Å². The summed E-state index contributed by atoms with van der Waals surface area (Å²) in [6.45, 7) is 0. The van der Waals surface area contributed by atoms with Crippen molar-refractivity contribution >= 4 is 16.6 Å². The van der Waals surface area contributed by atoms with Crippen molar-refractivity contribution in [2.24, 2.45) is 0 Å². The first kappa shape index (κ1) is 9.46. The summed E-state index contributed by atoms with van der Waals surface area (Å²) < 4.78 is 0. The molecule has 0 aliphatic heterocycles. The Morgan fingerprint density at radius 1 is 1.12 bits per heavy atom. The number of nitrogen functional groups attached to an aromatic ring is 1. The zero-order valence-corrected chi connectivity index (χ0v) is 9.03. The number of fused-ring (bicyclic) bond motifs is 2. The van der Waals surface area contributed by atoms with Crippen LogP contribution in [0.25, 0.3) is 10.9 Å². The Morgan fingerprint density at radius 2 is 1.94 bits per heavy atom. The minimum atomic E-state index is 0.211. The summed E-state index contributed by atoms with van der Waals surface area (Å²) in [7, 11) is 0. The third-order valence-electron chi connectivity index (χ3n) is 3.21. The number of aromatic hydroxyl groups is 1. The highest BCUT2D eigenvalue weighted by molar-refractivity contribution is 5.91. The summed E-state index contributed by atoms with van der Waals surface area (Å²) in [5.41, 5.74) is 9.73. The first-order valence-electron chi connectivity index (χ1n) is 5.65. The summed E-state index contributed by atoms with van der Waals surface area (Å²) >= 11 is 0. The van der Waals surface area contributed by atoms with Crippen molar-refractivity contribution in [1.82, 2.24) is 4.98 Å². The maximum absolute atomic E-state index is 9.51.